The van der Waals surface area contributed by atoms with Gasteiger partial charge in [0.1, 0.15) is 0 Å². The second-order valence-electron chi connectivity index (χ2n) is 4.45. The molecule has 0 bridgehead atoms. The standard InChI is InChI=1S/C9H21N3/c1-8(2)5-12-4-3-9(11,6-10)7-12/h8H,3-7,10-11H2,1-2H3/t9-/m0/s1. The number of nitrogens with zero attached hydrogens (tertiary/aromatic N) is 1. The summed E-state index contributed by atoms with van der Waals surface area (Å²) in [6.45, 7) is 8.33. The van der Waals surface area contributed by atoms with Crippen LogP contribution in [0, 0.1) is 5.92 Å². The van der Waals surface area contributed by atoms with Gasteiger partial charge in [-0.25, -0.2) is 0 Å². The van der Waals surface area contributed by atoms with Crippen molar-refractivity contribution >= 4 is 0 Å². The molecule has 1 aliphatic heterocycles. The summed E-state index contributed by atoms with van der Waals surface area (Å²) in [5, 5.41) is 0. The van der Waals surface area contributed by atoms with E-state index in [0.29, 0.717) is 6.54 Å². The van der Waals surface area contributed by atoms with Crippen LogP contribution in [0.1, 0.15) is 20.3 Å². The van der Waals surface area contributed by atoms with Gasteiger partial charge in [0.25, 0.3) is 0 Å². The summed E-state index contributed by atoms with van der Waals surface area (Å²) < 4.78 is 0. The van der Waals surface area contributed by atoms with E-state index in [0.717, 1.165) is 32.0 Å². The largest absolute Gasteiger partial charge is 0.329 e. The molecule has 0 aromatic carbocycles. The van der Waals surface area contributed by atoms with Crippen molar-refractivity contribution in [3.05, 3.63) is 0 Å². The Morgan fingerprint density at radius 3 is 2.58 bits per heavy atom. The molecule has 0 unspecified atom stereocenters. The van der Waals surface area contributed by atoms with Crippen LogP contribution >= 0.6 is 0 Å². The maximum Gasteiger partial charge on any atom is 0.0419 e. The molecule has 1 aliphatic rings. The zero-order chi connectivity index (χ0) is 9.19. The molecule has 1 saturated heterocycles. The molecular weight excluding hydrogens is 150 g/mol. The molecule has 1 rings (SSSR count). The first-order chi connectivity index (χ1) is 5.56. The summed E-state index contributed by atoms with van der Waals surface area (Å²) >= 11 is 0. The molecule has 1 atom stereocenters. The first-order valence-corrected chi connectivity index (χ1v) is 4.77. The van der Waals surface area contributed by atoms with E-state index in [1.54, 1.807) is 0 Å². The summed E-state index contributed by atoms with van der Waals surface area (Å²) in [5.74, 6) is 0.727. The molecule has 0 spiro atoms. The van der Waals surface area contributed by atoms with Gasteiger partial charge in [-0.3, -0.25) is 0 Å². The maximum atomic E-state index is 6.06. The second kappa shape index (κ2) is 3.73. The minimum Gasteiger partial charge on any atom is -0.329 e. The first-order valence-electron chi connectivity index (χ1n) is 4.77. The Hall–Kier alpha value is -0.120. The van der Waals surface area contributed by atoms with Crippen LogP contribution in [0.15, 0.2) is 0 Å². The molecule has 0 aromatic rings. The SMILES string of the molecule is CC(C)CN1CC[C@](N)(CN)C1. The van der Waals surface area contributed by atoms with Crippen LogP contribution in [-0.2, 0) is 0 Å². The number of rotatable bonds is 3. The van der Waals surface area contributed by atoms with Gasteiger partial charge in [-0.1, -0.05) is 13.8 Å². The van der Waals surface area contributed by atoms with Crippen LogP contribution in [0.2, 0.25) is 0 Å². The minimum atomic E-state index is -0.102. The molecule has 1 fully saturated rings. The predicted octanol–water partition coefficient (Wildman–Crippen LogP) is 0.00430. The lowest BCUT2D eigenvalue weighted by Gasteiger charge is -2.23. The highest BCUT2D eigenvalue weighted by Gasteiger charge is 2.32. The molecule has 72 valence electrons. The van der Waals surface area contributed by atoms with E-state index >= 15 is 0 Å². The van der Waals surface area contributed by atoms with Crippen LogP contribution in [0.3, 0.4) is 0 Å². The Kier molecular flexibility index (Phi) is 3.09. The Labute approximate surface area is 75.1 Å². The molecule has 3 nitrogen and oxygen atoms in total. The highest BCUT2D eigenvalue weighted by Crippen LogP contribution is 2.18. The lowest BCUT2D eigenvalue weighted by atomic mass is 10.0. The van der Waals surface area contributed by atoms with Crippen molar-refractivity contribution in [2.24, 2.45) is 17.4 Å². The molecular formula is C9H21N3. The van der Waals surface area contributed by atoms with Gasteiger partial charge < -0.3 is 16.4 Å². The molecule has 0 amide bonds. The molecule has 4 N–H and O–H groups in total. The summed E-state index contributed by atoms with van der Waals surface area (Å²) in [5.41, 5.74) is 11.6. The first kappa shape index (κ1) is 9.96. The third kappa shape index (κ3) is 2.44. The number of nitrogens with two attached hydrogens (primary N) is 2. The zero-order valence-corrected chi connectivity index (χ0v) is 8.21. The van der Waals surface area contributed by atoms with Crippen molar-refractivity contribution in [1.29, 1.82) is 0 Å². The number of hydrogen-bond acceptors (Lipinski definition) is 3. The van der Waals surface area contributed by atoms with Crippen molar-refractivity contribution in [2.45, 2.75) is 25.8 Å². The fourth-order valence-corrected chi connectivity index (χ4v) is 1.82. The van der Waals surface area contributed by atoms with E-state index in [1.165, 1.54) is 0 Å². The molecule has 0 aromatic heterocycles. The summed E-state index contributed by atoms with van der Waals surface area (Å²) in [6.07, 6.45) is 1.05. The van der Waals surface area contributed by atoms with Gasteiger partial charge in [0, 0.05) is 31.7 Å². The molecule has 0 aliphatic carbocycles. The summed E-state index contributed by atoms with van der Waals surface area (Å²) in [6, 6.07) is 0. The van der Waals surface area contributed by atoms with E-state index in [9.17, 15) is 0 Å². The minimum absolute atomic E-state index is 0.102. The van der Waals surface area contributed by atoms with Crippen LogP contribution in [0.5, 0.6) is 0 Å². The Morgan fingerprint density at radius 2 is 2.17 bits per heavy atom. The van der Waals surface area contributed by atoms with Crippen molar-refractivity contribution in [3.8, 4) is 0 Å². The third-order valence-corrected chi connectivity index (χ3v) is 2.49. The Bertz CT molecular complexity index is 147. The quantitative estimate of drug-likeness (QED) is 0.628. The number of hydrogen-bond donors (Lipinski definition) is 2. The van der Waals surface area contributed by atoms with Gasteiger partial charge in [-0.15, -0.1) is 0 Å². The predicted molar refractivity (Wildman–Crippen MR) is 51.9 cm³/mol. The Morgan fingerprint density at radius 1 is 1.50 bits per heavy atom. The topological polar surface area (TPSA) is 55.3 Å². The highest BCUT2D eigenvalue weighted by atomic mass is 15.2. The summed E-state index contributed by atoms with van der Waals surface area (Å²) in [7, 11) is 0. The van der Waals surface area contributed by atoms with Crippen LogP contribution in [0.25, 0.3) is 0 Å². The fraction of sp³-hybridized carbons (Fsp3) is 1.00. The lowest BCUT2D eigenvalue weighted by Crippen LogP contribution is -2.49. The van der Waals surface area contributed by atoms with Crippen molar-refractivity contribution in [2.75, 3.05) is 26.2 Å². The van der Waals surface area contributed by atoms with E-state index in [-0.39, 0.29) is 5.54 Å². The maximum absolute atomic E-state index is 6.06. The molecule has 3 heteroatoms. The van der Waals surface area contributed by atoms with Crippen LogP contribution < -0.4 is 11.5 Å². The third-order valence-electron chi connectivity index (χ3n) is 2.49. The molecule has 0 saturated carbocycles. The van der Waals surface area contributed by atoms with Crippen LogP contribution in [0.4, 0.5) is 0 Å². The summed E-state index contributed by atoms with van der Waals surface area (Å²) in [4.78, 5) is 2.41. The van der Waals surface area contributed by atoms with Gasteiger partial charge in [0.15, 0.2) is 0 Å². The molecule has 0 radical (unpaired) electrons. The average molecular weight is 171 g/mol. The van der Waals surface area contributed by atoms with E-state index in [2.05, 4.69) is 18.7 Å². The smallest absolute Gasteiger partial charge is 0.0419 e. The highest BCUT2D eigenvalue weighted by molar-refractivity contribution is 4.95. The van der Waals surface area contributed by atoms with Crippen molar-refractivity contribution in [1.82, 2.24) is 4.90 Å². The monoisotopic (exact) mass is 171 g/mol. The normalized spacial score (nSPS) is 31.8. The van der Waals surface area contributed by atoms with E-state index in [4.69, 9.17) is 11.5 Å². The Balaban J connectivity index is 2.35. The van der Waals surface area contributed by atoms with Gasteiger partial charge in [0.05, 0.1) is 0 Å². The van der Waals surface area contributed by atoms with Crippen molar-refractivity contribution in [3.63, 3.8) is 0 Å². The average Bonchev–Trinajstić information content (AvgIpc) is 2.32. The van der Waals surface area contributed by atoms with E-state index in [1.807, 2.05) is 0 Å². The van der Waals surface area contributed by atoms with Gasteiger partial charge in [-0.2, -0.15) is 0 Å². The van der Waals surface area contributed by atoms with Gasteiger partial charge in [0.2, 0.25) is 0 Å². The second-order valence-corrected chi connectivity index (χ2v) is 4.45. The lowest BCUT2D eigenvalue weighted by molar-refractivity contribution is 0.279. The van der Waals surface area contributed by atoms with Crippen molar-refractivity contribution < 1.29 is 0 Å². The van der Waals surface area contributed by atoms with Crippen LogP contribution in [-0.4, -0.2) is 36.6 Å². The van der Waals surface area contributed by atoms with Gasteiger partial charge >= 0.3 is 0 Å². The fourth-order valence-electron chi connectivity index (χ4n) is 1.82. The number of likely N-dealkylation sites (tertiary alicyclic amines) is 1. The molecule has 12 heavy (non-hydrogen) atoms. The zero-order valence-electron chi connectivity index (χ0n) is 8.21. The van der Waals surface area contributed by atoms with E-state index < -0.39 is 0 Å². The molecule has 1 heterocycles. The van der Waals surface area contributed by atoms with Gasteiger partial charge in [-0.05, 0) is 12.3 Å².